The van der Waals surface area contributed by atoms with Crippen molar-refractivity contribution >= 4 is 19.7 Å². The Kier molecular flexibility index (Phi) is 4.20. The van der Waals surface area contributed by atoms with Crippen LogP contribution in [-0.4, -0.2) is 14.2 Å². The fraction of sp³-hybridized carbons (Fsp3) is 0.500. The van der Waals surface area contributed by atoms with E-state index in [9.17, 15) is 12.8 Å². The van der Waals surface area contributed by atoms with Crippen molar-refractivity contribution in [2.75, 3.05) is 5.75 Å². The van der Waals surface area contributed by atoms with Gasteiger partial charge in [0.25, 0.3) is 0 Å². The molecule has 0 saturated heterocycles. The van der Waals surface area contributed by atoms with E-state index in [-0.39, 0.29) is 5.41 Å². The van der Waals surface area contributed by atoms with Crippen molar-refractivity contribution in [2.45, 2.75) is 32.4 Å². The van der Waals surface area contributed by atoms with Gasteiger partial charge in [-0.2, -0.15) is 0 Å². The smallest absolute Gasteiger partial charge is 0.235 e. The van der Waals surface area contributed by atoms with Gasteiger partial charge in [0.1, 0.15) is 11.9 Å². The third-order valence-electron chi connectivity index (χ3n) is 2.48. The first-order valence-corrected chi connectivity index (χ1v) is 7.74. The number of alkyl halides is 1. The van der Waals surface area contributed by atoms with Gasteiger partial charge in [-0.05, 0) is 16.5 Å². The van der Waals surface area contributed by atoms with Crippen LogP contribution in [0.3, 0.4) is 0 Å². The highest BCUT2D eigenvalue weighted by molar-refractivity contribution is 8.13. The van der Waals surface area contributed by atoms with E-state index >= 15 is 0 Å². The van der Waals surface area contributed by atoms with Gasteiger partial charge in [-0.15, -0.1) is 0 Å². The molecule has 0 aliphatic heterocycles. The van der Waals surface area contributed by atoms with E-state index < -0.39 is 21.0 Å². The summed E-state index contributed by atoms with van der Waals surface area (Å²) in [6, 6.07) is 6.83. The van der Waals surface area contributed by atoms with E-state index in [0.29, 0.717) is 5.56 Å². The van der Waals surface area contributed by atoms with E-state index in [1.165, 1.54) is 0 Å². The van der Waals surface area contributed by atoms with E-state index in [2.05, 4.69) is 20.8 Å². The summed E-state index contributed by atoms with van der Waals surface area (Å²) in [5, 5.41) is 0. The largest absolute Gasteiger partial charge is 0.241 e. The molecule has 0 bridgehead atoms. The Morgan fingerprint density at radius 1 is 1.24 bits per heavy atom. The molecule has 0 aliphatic rings. The zero-order chi connectivity index (χ0) is 13.3. The standard InChI is InChI=1S/C12H16ClFO2S/c1-12(2,3)10-6-4-9(5-7-10)11(14)8-17(13,15)16/h4-7,11H,8H2,1-3H3. The molecular weight excluding hydrogens is 263 g/mol. The molecule has 2 nitrogen and oxygen atoms in total. The van der Waals surface area contributed by atoms with E-state index in [0.717, 1.165) is 5.56 Å². The molecule has 0 N–H and O–H groups in total. The minimum Gasteiger partial charge on any atom is -0.241 e. The van der Waals surface area contributed by atoms with Crippen molar-refractivity contribution in [3.05, 3.63) is 35.4 Å². The van der Waals surface area contributed by atoms with Crippen LogP contribution in [0.25, 0.3) is 0 Å². The van der Waals surface area contributed by atoms with Gasteiger partial charge in [0.2, 0.25) is 9.05 Å². The minimum atomic E-state index is -3.81. The fourth-order valence-corrected chi connectivity index (χ4v) is 2.34. The highest BCUT2D eigenvalue weighted by Crippen LogP contribution is 2.26. The lowest BCUT2D eigenvalue weighted by atomic mass is 9.86. The van der Waals surface area contributed by atoms with Gasteiger partial charge in [0.15, 0.2) is 0 Å². The Bertz CT molecular complexity index is 474. The first-order chi connectivity index (χ1) is 7.59. The van der Waals surface area contributed by atoms with Gasteiger partial charge < -0.3 is 0 Å². The maximum absolute atomic E-state index is 13.6. The van der Waals surface area contributed by atoms with Crippen molar-refractivity contribution in [1.82, 2.24) is 0 Å². The van der Waals surface area contributed by atoms with Crippen molar-refractivity contribution in [1.29, 1.82) is 0 Å². The number of rotatable bonds is 3. The molecule has 0 saturated carbocycles. The molecule has 1 aromatic carbocycles. The molecule has 1 unspecified atom stereocenters. The molecule has 0 aliphatic carbocycles. The normalized spacial score (nSPS) is 14.6. The first kappa shape index (κ1) is 14.5. The molecule has 0 radical (unpaired) electrons. The Morgan fingerprint density at radius 2 is 1.71 bits per heavy atom. The van der Waals surface area contributed by atoms with Crippen molar-refractivity contribution in [3.8, 4) is 0 Å². The summed E-state index contributed by atoms with van der Waals surface area (Å²) in [7, 11) is 1.20. The number of benzene rings is 1. The number of hydrogen-bond acceptors (Lipinski definition) is 2. The monoisotopic (exact) mass is 278 g/mol. The zero-order valence-corrected chi connectivity index (χ0v) is 11.6. The quantitative estimate of drug-likeness (QED) is 0.792. The van der Waals surface area contributed by atoms with Crippen LogP contribution >= 0.6 is 10.7 Å². The lowest BCUT2D eigenvalue weighted by Gasteiger charge is -2.19. The first-order valence-electron chi connectivity index (χ1n) is 5.26. The molecule has 1 atom stereocenters. The lowest BCUT2D eigenvalue weighted by Crippen LogP contribution is -2.11. The van der Waals surface area contributed by atoms with Crippen LogP contribution in [0, 0.1) is 0 Å². The number of halogens is 2. The average Bonchev–Trinajstić information content (AvgIpc) is 2.14. The molecule has 96 valence electrons. The second-order valence-electron chi connectivity index (χ2n) is 5.05. The molecule has 0 aromatic heterocycles. The summed E-state index contributed by atoms with van der Waals surface area (Å²) in [6.45, 7) is 6.16. The molecular formula is C12H16ClFO2S. The van der Waals surface area contributed by atoms with Crippen LogP contribution in [-0.2, 0) is 14.5 Å². The van der Waals surface area contributed by atoms with Gasteiger partial charge in [-0.25, -0.2) is 12.8 Å². The molecule has 0 spiro atoms. The van der Waals surface area contributed by atoms with Gasteiger partial charge in [-0.1, -0.05) is 45.0 Å². The Labute approximate surface area is 106 Å². The molecule has 5 heteroatoms. The SMILES string of the molecule is CC(C)(C)c1ccc(C(F)CS(=O)(=O)Cl)cc1. The summed E-state index contributed by atoms with van der Waals surface area (Å²) in [5.74, 6) is -0.691. The van der Waals surface area contributed by atoms with Crippen LogP contribution in [0.1, 0.15) is 38.1 Å². The number of hydrogen-bond donors (Lipinski definition) is 0. The predicted octanol–water partition coefficient (Wildman–Crippen LogP) is 3.56. The summed E-state index contributed by atoms with van der Waals surface area (Å²) >= 11 is 0. The average molecular weight is 279 g/mol. The Balaban J connectivity index is 2.88. The van der Waals surface area contributed by atoms with Gasteiger partial charge in [-0.3, -0.25) is 0 Å². The minimum absolute atomic E-state index is 0.0110. The van der Waals surface area contributed by atoms with Gasteiger partial charge in [0, 0.05) is 10.7 Å². The maximum atomic E-state index is 13.6. The lowest BCUT2D eigenvalue weighted by molar-refractivity contribution is 0.375. The van der Waals surface area contributed by atoms with Crippen molar-refractivity contribution in [3.63, 3.8) is 0 Å². The summed E-state index contributed by atoms with van der Waals surface area (Å²) in [5.41, 5.74) is 1.40. The van der Waals surface area contributed by atoms with E-state index in [1.54, 1.807) is 12.1 Å². The van der Waals surface area contributed by atoms with Crippen molar-refractivity contribution in [2.24, 2.45) is 0 Å². The van der Waals surface area contributed by atoms with Crippen molar-refractivity contribution < 1.29 is 12.8 Å². The summed E-state index contributed by atoms with van der Waals surface area (Å²) < 4.78 is 35.1. The summed E-state index contributed by atoms with van der Waals surface area (Å²) in [4.78, 5) is 0. The molecule has 0 heterocycles. The second-order valence-corrected chi connectivity index (χ2v) is 7.87. The van der Waals surface area contributed by atoms with Crippen LogP contribution in [0.15, 0.2) is 24.3 Å². The van der Waals surface area contributed by atoms with Gasteiger partial charge in [0.05, 0.1) is 0 Å². The predicted molar refractivity (Wildman–Crippen MR) is 68.6 cm³/mol. The Morgan fingerprint density at radius 3 is 2.06 bits per heavy atom. The molecule has 0 amide bonds. The molecule has 1 aromatic rings. The second kappa shape index (κ2) is 4.94. The van der Waals surface area contributed by atoms with Crippen LogP contribution in [0.5, 0.6) is 0 Å². The van der Waals surface area contributed by atoms with Gasteiger partial charge >= 0.3 is 0 Å². The maximum Gasteiger partial charge on any atom is 0.235 e. The van der Waals surface area contributed by atoms with Crippen LogP contribution < -0.4 is 0 Å². The van der Waals surface area contributed by atoms with Crippen LogP contribution in [0.2, 0.25) is 0 Å². The summed E-state index contributed by atoms with van der Waals surface area (Å²) in [6.07, 6.45) is -1.58. The molecule has 0 fully saturated rings. The fourth-order valence-electron chi connectivity index (χ4n) is 1.46. The highest BCUT2D eigenvalue weighted by Gasteiger charge is 2.19. The molecule has 17 heavy (non-hydrogen) atoms. The molecule has 1 rings (SSSR count). The third-order valence-corrected chi connectivity index (χ3v) is 3.55. The van der Waals surface area contributed by atoms with E-state index in [1.807, 2.05) is 12.1 Å². The van der Waals surface area contributed by atoms with Crippen LogP contribution in [0.4, 0.5) is 4.39 Å². The Hall–Kier alpha value is -0.610. The third kappa shape index (κ3) is 4.64. The zero-order valence-electron chi connectivity index (χ0n) is 10.1. The topological polar surface area (TPSA) is 34.1 Å². The van der Waals surface area contributed by atoms with E-state index in [4.69, 9.17) is 10.7 Å². The highest BCUT2D eigenvalue weighted by atomic mass is 35.7.